The Bertz CT molecular complexity index is 1120. The fourth-order valence-corrected chi connectivity index (χ4v) is 3.61. The molecule has 4 heterocycles. The van der Waals surface area contributed by atoms with Crippen LogP contribution in [0.4, 0.5) is 0 Å². The van der Waals surface area contributed by atoms with E-state index in [1.807, 2.05) is 23.1 Å². The minimum absolute atomic E-state index is 0.0627. The molecule has 0 bridgehead atoms. The molecule has 1 aliphatic heterocycles. The molecule has 1 amide bonds. The maximum absolute atomic E-state index is 13.1. The maximum Gasteiger partial charge on any atom is 0.272 e. The second kappa shape index (κ2) is 6.31. The van der Waals surface area contributed by atoms with Crippen molar-refractivity contribution in [2.75, 3.05) is 13.1 Å². The van der Waals surface area contributed by atoms with Gasteiger partial charge in [0, 0.05) is 36.3 Å². The SMILES string of the molecule is O=C(c1cccc2nnnn12)N1CCc2[nH]nc(-c3ccccc3)c2CC1. The molecule has 0 radical (unpaired) electrons. The van der Waals surface area contributed by atoms with Crippen LogP contribution in [0.15, 0.2) is 48.5 Å². The Morgan fingerprint density at radius 1 is 1.00 bits per heavy atom. The van der Waals surface area contributed by atoms with Crippen LogP contribution >= 0.6 is 0 Å². The largest absolute Gasteiger partial charge is 0.337 e. The first-order valence-electron chi connectivity index (χ1n) is 8.89. The molecule has 0 saturated carbocycles. The van der Waals surface area contributed by atoms with Gasteiger partial charge < -0.3 is 4.90 Å². The number of nitrogens with zero attached hydrogens (tertiary/aromatic N) is 6. The lowest BCUT2D eigenvalue weighted by molar-refractivity contribution is 0.0753. The van der Waals surface area contributed by atoms with Crippen molar-refractivity contribution in [3.05, 3.63) is 65.5 Å². The van der Waals surface area contributed by atoms with Crippen molar-refractivity contribution in [2.24, 2.45) is 0 Å². The van der Waals surface area contributed by atoms with Gasteiger partial charge in [-0.15, -0.1) is 5.10 Å². The van der Waals surface area contributed by atoms with E-state index in [2.05, 4.69) is 37.9 Å². The molecule has 0 saturated heterocycles. The Labute approximate surface area is 154 Å². The number of rotatable bonds is 2. The van der Waals surface area contributed by atoms with Crippen molar-refractivity contribution in [2.45, 2.75) is 12.8 Å². The molecule has 0 unspecified atom stereocenters. The summed E-state index contributed by atoms with van der Waals surface area (Å²) in [5.74, 6) is -0.0627. The quantitative estimate of drug-likeness (QED) is 0.589. The highest BCUT2D eigenvalue weighted by Gasteiger charge is 2.25. The van der Waals surface area contributed by atoms with Gasteiger partial charge in [-0.3, -0.25) is 9.89 Å². The number of amides is 1. The number of fused-ring (bicyclic) bond motifs is 2. The second-order valence-corrected chi connectivity index (χ2v) is 6.55. The van der Waals surface area contributed by atoms with Gasteiger partial charge in [0.1, 0.15) is 5.69 Å². The Balaban J connectivity index is 1.43. The van der Waals surface area contributed by atoms with Gasteiger partial charge >= 0.3 is 0 Å². The molecule has 0 atom stereocenters. The number of carbonyl (C=O) groups is 1. The van der Waals surface area contributed by atoms with Gasteiger partial charge in [-0.25, -0.2) is 0 Å². The van der Waals surface area contributed by atoms with Crippen molar-refractivity contribution in [3.8, 4) is 11.3 Å². The van der Waals surface area contributed by atoms with Crippen molar-refractivity contribution < 1.29 is 4.79 Å². The van der Waals surface area contributed by atoms with Gasteiger partial charge in [-0.1, -0.05) is 36.4 Å². The van der Waals surface area contributed by atoms with E-state index in [1.165, 1.54) is 10.1 Å². The summed E-state index contributed by atoms with van der Waals surface area (Å²) >= 11 is 0. The highest BCUT2D eigenvalue weighted by Crippen LogP contribution is 2.26. The summed E-state index contributed by atoms with van der Waals surface area (Å²) in [6, 6.07) is 15.5. The summed E-state index contributed by atoms with van der Waals surface area (Å²) in [4.78, 5) is 14.9. The van der Waals surface area contributed by atoms with E-state index in [9.17, 15) is 4.79 Å². The molecule has 0 aliphatic carbocycles. The van der Waals surface area contributed by atoms with Gasteiger partial charge in [0.15, 0.2) is 5.65 Å². The molecule has 1 aromatic carbocycles. The van der Waals surface area contributed by atoms with E-state index in [0.29, 0.717) is 24.4 Å². The molecule has 8 heteroatoms. The predicted octanol–water partition coefficient (Wildman–Crippen LogP) is 1.76. The monoisotopic (exact) mass is 359 g/mol. The first-order chi connectivity index (χ1) is 13.3. The number of hydrogen-bond acceptors (Lipinski definition) is 5. The van der Waals surface area contributed by atoms with E-state index >= 15 is 0 Å². The van der Waals surface area contributed by atoms with Crippen LogP contribution in [0, 0.1) is 0 Å². The molecule has 8 nitrogen and oxygen atoms in total. The molecular weight excluding hydrogens is 342 g/mol. The highest BCUT2D eigenvalue weighted by atomic mass is 16.2. The third-order valence-corrected chi connectivity index (χ3v) is 4.99. The molecule has 5 rings (SSSR count). The average molecular weight is 359 g/mol. The van der Waals surface area contributed by atoms with Crippen molar-refractivity contribution in [1.29, 1.82) is 0 Å². The molecule has 4 aromatic rings. The van der Waals surface area contributed by atoms with Crippen LogP contribution in [0.1, 0.15) is 21.7 Å². The summed E-state index contributed by atoms with van der Waals surface area (Å²) in [7, 11) is 0. The second-order valence-electron chi connectivity index (χ2n) is 6.55. The van der Waals surface area contributed by atoms with Gasteiger partial charge in [0.25, 0.3) is 5.91 Å². The first-order valence-corrected chi connectivity index (χ1v) is 8.89. The van der Waals surface area contributed by atoms with Crippen LogP contribution in [0.2, 0.25) is 0 Å². The van der Waals surface area contributed by atoms with Crippen LogP contribution in [0.25, 0.3) is 16.9 Å². The lowest BCUT2D eigenvalue weighted by Crippen LogP contribution is -2.34. The van der Waals surface area contributed by atoms with Crippen LogP contribution in [0.5, 0.6) is 0 Å². The number of H-pyrrole nitrogens is 1. The number of pyridine rings is 1. The molecule has 1 aliphatic rings. The predicted molar refractivity (Wildman–Crippen MR) is 98.1 cm³/mol. The third-order valence-electron chi connectivity index (χ3n) is 4.99. The first kappa shape index (κ1) is 15.7. The highest BCUT2D eigenvalue weighted by molar-refractivity contribution is 5.93. The summed E-state index contributed by atoms with van der Waals surface area (Å²) in [6.07, 6.45) is 1.50. The third kappa shape index (κ3) is 2.66. The average Bonchev–Trinajstić information content (AvgIpc) is 3.30. The smallest absolute Gasteiger partial charge is 0.272 e. The van der Waals surface area contributed by atoms with E-state index in [1.54, 1.807) is 18.2 Å². The Morgan fingerprint density at radius 3 is 2.74 bits per heavy atom. The minimum atomic E-state index is -0.0627. The lowest BCUT2D eigenvalue weighted by Gasteiger charge is -2.20. The van der Waals surface area contributed by atoms with E-state index < -0.39 is 0 Å². The number of tetrazole rings is 1. The van der Waals surface area contributed by atoms with Crippen molar-refractivity contribution >= 4 is 11.6 Å². The molecule has 27 heavy (non-hydrogen) atoms. The van der Waals surface area contributed by atoms with Crippen LogP contribution < -0.4 is 0 Å². The van der Waals surface area contributed by atoms with Gasteiger partial charge in [-0.05, 0) is 29.0 Å². The van der Waals surface area contributed by atoms with E-state index in [-0.39, 0.29) is 5.91 Å². The van der Waals surface area contributed by atoms with Crippen LogP contribution in [-0.2, 0) is 12.8 Å². The fourth-order valence-electron chi connectivity index (χ4n) is 3.61. The molecule has 0 spiro atoms. The number of aromatic amines is 1. The topological polar surface area (TPSA) is 92.1 Å². The van der Waals surface area contributed by atoms with Gasteiger partial charge in [0.05, 0.1) is 5.69 Å². The number of hydrogen-bond donors (Lipinski definition) is 1. The zero-order valence-corrected chi connectivity index (χ0v) is 14.5. The molecule has 134 valence electrons. The Hall–Kier alpha value is -3.55. The molecular formula is C19H17N7O. The lowest BCUT2D eigenvalue weighted by atomic mass is 10.0. The maximum atomic E-state index is 13.1. The molecule has 1 N–H and O–H groups in total. The van der Waals surface area contributed by atoms with E-state index in [0.717, 1.165) is 29.8 Å². The molecule has 3 aromatic heterocycles. The van der Waals surface area contributed by atoms with E-state index in [4.69, 9.17) is 0 Å². The number of carbonyl (C=O) groups excluding carboxylic acids is 1. The Morgan fingerprint density at radius 2 is 1.85 bits per heavy atom. The summed E-state index contributed by atoms with van der Waals surface area (Å²) < 4.78 is 1.49. The normalized spacial score (nSPS) is 14.1. The summed E-state index contributed by atoms with van der Waals surface area (Å²) in [5, 5.41) is 19.2. The van der Waals surface area contributed by atoms with Crippen molar-refractivity contribution in [3.63, 3.8) is 0 Å². The molecule has 0 fully saturated rings. The van der Waals surface area contributed by atoms with Gasteiger partial charge in [0.2, 0.25) is 0 Å². The summed E-state index contributed by atoms with van der Waals surface area (Å²) in [6.45, 7) is 1.25. The standard InChI is InChI=1S/C19H17N7O/c27-19(16-7-4-8-17-21-23-24-26(16)17)25-11-9-14-15(10-12-25)20-22-18(14)13-5-2-1-3-6-13/h1-8H,9-12H2,(H,20,22). The zero-order valence-electron chi connectivity index (χ0n) is 14.5. The Kier molecular flexibility index (Phi) is 3.67. The minimum Gasteiger partial charge on any atom is -0.337 e. The number of benzene rings is 1. The summed E-state index contributed by atoms with van der Waals surface area (Å²) in [5.41, 5.74) is 5.40. The van der Waals surface area contributed by atoms with Crippen molar-refractivity contribution in [1.82, 2.24) is 35.1 Å². The van der Waals surface area contributed by atoms with Crippen LogP contribution in [0.3, 0.4) is 0 Å². The number of nitrogens with one attached hydrogen (secondary N) is 1. The number of aromatic nitrogens is 6. The zero-order chi connectivity index (χ0) is 18.2. The van der Waals surface area contributed by atoms with Gasteiger partial charge in [-0.2, -0.15) is 9.61 Å². The fraction of sp³-hybridized carbons (Fsp3) is 0.211. The van der Waals surface area contributed by atoms with Crippen LogP contribution in [-0.4, -0.2) is 54.1 Å².